The molecule has 0 spiro atoms. The smallest absolute Gasteiger partial charge is 0.184 e. The first kappa shape index (κ1) is 17.8. The fourth-order valence-electron chi connectivity index (χ4n) is 3.45. The summed E-state index contributed by atoms with van der Waals surface area (Å²) >= 11 is 1.36. The summed E-state index contributed by atoms with van der Waals surface area (Å²) < 4.78 is 25.7. The summed E-state index contributed by atoms with van der Waals surface area (Å²) in [5.74, 6) is 0.00200. The van der Waals surface area contributed by atoms with Gasteiger partial charge in [0.25, 0.3) is 0 Å². The van der Waals surface area contributed by atoms with E-state index in [9.17, 15) is 8.42 Å². The van der Waals surface area contributed by atoms with Crippen molar-refractivity contribution in [3.8, 4) is 11.1 Å². The summed E-state index contributed by atoms with van der Waals surface area (Å²) in [7, 11) is -3.30. The number of nitrogens with one attached hydrogen (secondary N) is 2. The van der Waals surface area contributed by atoms with Crippen LogP contribution in [-0.4, -0.2) is 25.7 Å². The van der Waals surface area contributed by atoms with Gasteiger partial charge in [-0.25, -0.2) is 19.3 Å². The molecule has 26 heavy (non-hydrogen) atoms. The highest BCUT2D eigenvalue weighted by atomic mass is 32.3. The molecule has 0 bridgehead atoms. The maximum absolute atomic E-state index is 12.6. The number of fused-ring (bicyclic) bond motifs is 1. The van der Waals surface area contributed by atoms with Gasteiger partial charge in [-0.15, -0.1) is 0 Å². The third-order valence-corrected chi connectivity index (χ3v) is 8.55. The standard InChI is InChI=1S/C19H21N3O2S2/c1-2-26(23,24)19-15(16-17(20)21-22-18(16)25-19)14-10-8-13(9-11-14)12-6-4-3-5-7-12/h3-11,16-18,21-22H,2,20H2,1H3. The van der Waals surface area contributed by atoms with Gasteiger partial charge >= 0.3 is 0 Å². The quantitative estimate of drug-likeness (QED) is 0.748. The van der Waals surface area contributed by atoms with Crippen LogP contribution < -0.4 is 16.6 Å². The molecular formula is C19H21N3O2S2. The van der Waals surface area contributed by atoms with Gasteiger partial charge in [0, 0.05) is 5.92 Å². The molecule has 2 aliphatic rings. The maximum atomic E-state index is 12.6. The second-order valence-corrected chi connectivity index (χ2v) is 10.1. The molecule has 0 aromatic heterocycles. The summed E-state index contributed by atoms with van der Waals surface area (Å²) in [6, 6.07) is 18.2. The van der Waals surface area contributed by atoms with Crippen molar-refractivity contribution in [1.82, 2.24) is 10.9 Å². The summed E-state index contributed by atoms with van der Waals surface area (Å²) in [5.41, 5.74) is 16.3. The lowest BCUT2D eigenvalue weighted by Crippen LogP contribution is -2.39. The maximum Gasteiger partial charge on any atom is 0.184 e. The number of benzene rings is 2. The van der Waals surface area contributed by atoms with Crippen LogP contribution >= 0.6 is 11.8 Å². The first-order valence-electron chi connectivity index (χ1n) is 8.57. The highest BCUT2D eigenvalue weighted by Gasteiger charge is 2.47. The average Bonchev–Trinajstić information content (AvgIpc) is 3.23. The Balaban J connectivity index is 1.79. The van der Waals surface area contributed by atoms with Crippen molar-refractivity contribution < 1.29 is 8.42 Å². The minimum absolute atomic E-state index is 0.0647. The van der Waals surface area contributed by atoms with Gasteiger partial charge in [-0.05, 0) is 22.3 Å². The zero-order valence-electron chi connectivity index (χ0n) is 14.3. The van der Waals surface area contributed by atoms with Crippen LogP contribution in [0.15, 0.2) is 58.8 Å². The zero-order valence-corrected chi connectivity index (χ0v) is 16.0. The Morgan fingerprint density at radius 3 is 2.23 bits per heavy atom. The molecule has 136 valence electrons. The van der Waals surface area contributed by atoms with E-state index < -0.39 is 9.84 Å². The van der Waals surface area contributed by atoms with Crippen molar-refractivity contribution in [2.24, 2.45) is 11.7 Å². The molecule has 2 heterocycles. The number of nitrogens with two attached hydrogens (primary N) is 1. The number of rotatable bonds is 4. The van der Waals surface area contributed by atoms with Crippen molar-refractivity contribution in [2.75, 3.05) is 5.75 Å². The predicted molar refractivity (Wildman–Crippen MR) is 107 cm³/mol. The molecule has 2 aliphatic heterocycles. The minimum Gasteiger partial charge on any atom is -0.314 e. The Morgan fingerprint density at radius 2 is 1.58 bits per heavy atom. The van der Waals surface area contributed by atoms with E-state index in [2.05, 4.69) is 23.0 Å². The van der Waals surface area contributed by atoms with Crippen LogP contribution in [0.1, 0.15) is 12.5 Å². The first-order valence-corrected chi connectivity index (χ1v) is 11.1. The van der Waals surface area contributed by atoms with Crippen molar-refractivity contribution in [3.63, 3.8) is 0 Å². The minimum atomic E-state index is -3.30. The third-order valence-electron chi connectivity index (χ3n) is 4.86. The van der Waals surface area contributed by atoms with Gasteiger partial charge in [0.1, 0.15) is 4.24 Å². The Hall–Kier alpha value is -1.64. The summed E-state index contributed by atoms with van der Waals surface area (Å²) in [5, 5.41) is -0.0647. The topological polar surface area (TPSA) is 84.2 Å². The van der Waals surface area contributed by atoms with Crippen LogP contribution in [0.25, 0.3) is 16.7 Å². The predicted octanol–water partition coefficient (Wildman–Crippen LogP) is 2.54. The van der Waals surface area contributed by atoms with Gasteiger partial charge in [-0.2, -0.15) is 0 Å². The molecule has 0 saturated carbocycles. The molecule has 7 heteroatoms. The van der Waals surface area contributed by atoms with Crippen molar-refractivity contribution in [1.29, 1.82) is 0 Å². The normalized spacial score (nSPS) is 25.5. The van der Waals surface area contributed by atoms with Crippen LogP contribution in [0.5, 0.6) is 0 Å². The fourth-order valence-corrected chi connectivity index (χ4v) is 6.74. The molecule has 1 fully saturated rings. The summed E-state index contributed by atoms with van der Waals surface area (Å²) in [4.78, 5) is 0. The van der Waals surface area contributed by atoms with E-state index in [1.165, 1.54) is 11.8 Å². The highest BCUT2D eigenvalue weighted by Crippen LogP contribution is 2.50. The Labute approximate surface area is 158 Å². The van der Waals surface area contributed by atoms with Crippen LogP contribution in [0.4, 0.5) is 0 Å². The number of hydrazine groups is 1. The Bertz CT molecular complexity index is 941. The van der Waals surface area contributed by atoms with Gasteiger partial charge in [0.05, 0.1) is 17.3 Å². The van der Waals surface area contributed by atoms with Crippen LogP contribution in [0, 0.1) is 5.92 Å². The van der Waals surface area contributed by atoms with Gasteiger partial charge in [0.15, 0.2) is 9.84 Å². The lowest BCUT2D eigenvalue weighted by atomic mass is 9.91. The Morgan fingerprint density at radius 1 is 0.962 bits per heavy atom. The molecule has 1 saturated heterocycles. The second-order valence-electron chi connectivity index (χ2n) is 6.43. The van der Waals surface area contributed by atoms with Crippen molar-refractivity contribution in [3.05, 3.63) is 64.4 Å². The molecule has 4 N–H and O–H groups in total. The summed E-state index contributed by atoms with van der Waals surface area (Å²) in [6.07, 6.45) is -0.319. The van der Waals surface area contributed by atoms with E-state index in [-0.39, 0.29) is 23.2 Å². The van der Waals surface area contributed by atoms with E-state index in [1.54, 1.807) is 6.92 Å². The highest BCUT2D eigenvalue weighted by molar-refractivity contribution is 8.19. The molecule has 0 aliphatic carbocycles. The molecule has 2 aromatic carbocycles. The molecule has 5 nitrogen and oxygen atoms in total. The molecule has 3 atom stereocenters. The lowest BCUT2D eigenvalue weighted by molar-refractivity contribution is 0.539. The van der Waals surface area contributed by atoms with E-state index in [4.69, 9.17) is 5.73 Å². The van der Waals surface area contributed by atoms with Crippen LogP contribution in [0.2, 0.25) is 0 Å². The van der Waals surface area contributed by atoms with Crippen LogP contribution in [0.3, 0.4) is 0 Å². The van der Waals surface area contributed by atoms with Gasteiger partial charge in [0.2, 0.25) is 0 Å². The molecule has 0 radical (unpaired) electrons. The SMILES string of the molecule is CCS(=O)(=O)C1=C(c2ccc(-c3ccccc3)cc2)C2C(N)NNC2S1. The van der Waals surface area contributed by atoms with E-state index in [0.717, 1.165) is 22.3 Å². The number of sulfone groups is 1. The molecule has 3 unspecified atom stereocenters. The van der Waals surface area contributed by atoms with Gasteiger partial charge in [-0.1, -0.05) is 73.3 Å². The van der Waals surface area contributed by atoms with E-state index in [0.29, 0.717) is 4.24 Å². The molecule has 2 aromatic rings. The molecular weight excluding hydrogens is 366 g/mol. The van der Waals surface area contributed by atoms with E-state index in [1.807, 2.05) is 42.5 Å². The third kappa shape index (κ3) is 3.00. The van der Waals surface area contributed by atoms with Crippen LogP contribution in [-0.2, 0) is 9.84 Å². The van der Waals surface area contributed by atoms with E-state index >= 15 is 0 Å². The van der Waals surface area contributed by atoms with Crippen molar-refractivity contribution in [2.45, 2.75) is 18.5 Å². The average molecular weight is 388 g/mol. The Kier molecular flexibility index (Phi) is 4.66. The number of hydrogen-bond donors (Lipinski definition) is 3. The largest absolute Gasteiger partial charge is 0.314 e. The van der Waals surface area contributed by atoms with Gasteiger partial charge in [-0.3, -0.25) is 0 Å². The lowest BCUT2D eigenvalue weighted by Gasteiger charge is -2.17. The monoisotopic (exact) mass is 387 g/mol. The van der Waals surface area contributed by atoms with Crippen molar-refractivity contribution >= 4 is 27.2 Å². The molecule has 4 rings (SSSR count). The second kappa shape index (κ2) is 6.83. The first-order chi connectivity index (χ1) is 12.5. The number of thioether (sulfide) groups is 1. The summed E-state index contributed by atoms with van der Waals surface area (Å²) in [6.45, 7) is 1.68. The molecule has 0 amide bonds. The van der Waals surface area contributed by atoms with Gasteiger partial charge < -0.3 is 5.73 Å². The fraction of sp³-hybridized carbons (Fsp3) is 0.263. The zero-order chi connectivity index (χ0) is 18.3. The number of hydrogen-bond acceptors (Lipinski definition) is 6.